The summed E-state index contributed by atoms with van der Waals surface area (Å²) in [4.78, 5) is 15.6. The number of rotatable bonds is 5. The van der Waals surface area contributed by atoms with E-state index >= 15 is 0 Å². The van der Waals surface area contributed by atoms with Crippen LogP contribution in [0.2, 0.25) is 0 Å². The first-order chi connectivity index (χ1) is 14.6. The molecule has 0 bridgehead atoms. The molecule has 1 aromatic heterocycles. The van der Waals surface area contributed by atoms with Crippen LogP contribution in [0, 0.1) is 5.82 Å². The third-order valence-corrected chi connectivity index (χ3v) is 4.70. The number of para-hydroxylation sites is 1. The molecule has 7 heteroatoms. The third kappa shape index (κ3) is 3.77. The average molecular weight is 424 g/mol. The Morgan fingerprint density at radius 1 is 1.20 bits per heavy atom. The van der Waals surface area contributed by atoms with Crippen molar-refractivity contribution in [3.05, 3.63) is 83.9 Å². The van der Waals surface area contributed by atoms with Gasteiger partial charge in [-0.05, 0) is 35.9 Å². The molecule has 150 valence electrons. The second kappa shape index (κ2) is 8.39. The number of aliphatic imine (C=N–C) groups is 1. The molecule has 0 aliphatic carbocycles. The smallest absolute Gasteiger partial charge is 0.220 e. The van der Waals surface area contributed by atoms with Crippen molar-refractivity contribution < 1.29 is 23.1 Å². The number of carbonyl (C=O) groups excluding carboxylic acids is 1. The summed E-state index contributed by atoms with van der Waals surface area (Å²) in [5.41, 5.74) is 1.72. The van der Waals surface area contributed by atoms with Gasteiger partial charge >= 0.3 is 0 Å². The summed E-state index contributed by atoms with van der Waals surface area (Å²) < 4.78 is 29.9. The van der Waals surface area contributed by atoms with Crippen molar-refractivity contribution in [3.63, 3.8) is 0 Å². The number of fused-ring (bicyclic) bond motifs is 3. The Morgan fingerprint density at radius 2 is 2.00 bits per heavy atom. The number of ether oxygens (including phenoxy) is 2. The summed E-state index contributed by atoms with van der Waals surface area (Å²) in [6.07, 6.45) is 6.76. The molecule has 30 heavy (non-hydrogen) atoms. The maximum Gasteiger partial charge on any atom is 0.220 e. The van der Waals surface area contributed by atoms with Crippen LogP contribution in [0.15, 0.2) is 76.2 Å². The van der Waals surface area contributed by atoms with Crippen molar-refractivity contribution in [2.24, 2.45) is 4.99 Å². The van der Waals surface area contributed by atoms with Gasteiger partial charge < -0.3 is 13.9 Å². The zero-order chi connectivity index (χ0) is 21.1. The maximum atomic E-state index is 13.0. The number of aldehydes is 1. The molecule has 4 rings (SSSR count). The molecule has 0 N–H and O–H groups in total. The predicted molar refractivity (Wildman–Crippen MR) is 114 cm³/mol. The molecule has 1 aliphatic heterocycles. The molecule has 2 heterocycles. The monoisotopic (exact) mass is 423 g/mol. The number of methoxy groups -OCH3 is 1. The second-order valence-corrected chi connectivity index (χ2v) is 6.62. The lowest BCUT2D eigenvalue weighted by Crippen LogP contribution is -2.05. The number of benzene rings is 2. The molecule has 0 unspecified atom stereocenters. The highest BCUT2D eigenvalue weighted by atomic mass is 35.5. The molecule has 0 saturated heterocycles. The number of furan rings is 1. The minimum atomic E-state index is -0.335. The zero-order valence-electron chi connectivity index (χ0n) is 15.8. The topological polar surface area (TPSA) is 61.0 Å². The molecule has 5 nitrogen and oxygen atoms in total. The van der Waals surface area contributed by atoms with Crippen LogP contribution in [0.1, 0.15) is 11.3 Å². The molecule has 0 fully saturated rings. The maximum absolute atomic E-state index is 13.0. The van der Waals surface area contributed by atoms with E-state index in [1.165, 1.54) is 18.2 Å². The van der Waals surface area contributed by atoms with Gasteiger partial charge in [0.05, 0.1) is 12.5 Å². The fourth-order valence-corrected chi connectivity index (χ4v) is 3.17. The minimum absolute atomic E-state index is 0.238. The number of carbonyl (C=O) groups is 1. The molecule has 1 aliphatic rings. The average Bonchev–Trinajstić information content (AvgIpc) is 3.13. The number of hydrogen-bond acceptors (Lipinski definition) is 5. The van der Waals surface area contributed by atoms with E-state index in [0.717, 1.165) is 5.39 Å². The highest BCUT2D eigenvalue weighted by molar-refractivity contribution is 6.48. The summed E-state index contributed by atoms with van der Waals surface area (Å²) >= 11 is 6.25. The van der Waals surface area contributed by atoms with E-state index in [9.17, 15) is 9.18 Å². The summed E-state index contributed by atoms with van der Waals surface area (Å²) in [5, 5.41) is 1.15. The first-order valence-corrected chi connectivity index (χ1v) is 9.30. The Bertz CT molecular complexity index is 1240. The number of hydrogen-bond donors (Lipinski definition) is 0. The van der Waals surface area contributed by atoms with Crippen LogP contribution in [0.3, 0.4) is 0 Å². The fraction of sp³-hybridized carbons (Fsp3) is 0.0435. The van der Waals surface area contributed by atoms with Crippen LogP contribution in [0.25, 0.3) is 21.8 Å². The first kappa shape index (κ1) is 19.7. The van der Waals surface area contributed by atoms with Crippen LogP contribution >= 0.6 is 11.6 Å². The van der Waals surface area contributed by atoms with E-state index in [1.807, 2.05) is 12.1 Å². The van der Waals surface area contributed by atoms with Gasteiger partial charge in [0, 0.05) is 17.2 Å². The number of halogens is 2. The van der Waals surface area contributed by atoms with Crippen LogP contribution in [-0.4, -0.2) is 19.3 Å². The highest BCUT2D eigenvalue weighted by Crippen LogP contribution is 2.43. The van der Waals surface area contributed by atoms with Gasteiger partial charge in [0.15, 0.2) is 22.9 Å². The Labute approximate surface area is 176 Å². The van der Waals surface area contributed by atoms with Gasteiger partial charge in [-0.25, -0.2) is 9.38 Å². The van der Waals surface area contributed by atoms with E-state index in [0.29, 0.717) is 39.7 Å². The largest absolute Gasteiger partial charge is 0.493 e. The fourth-order valence-electron chi connectivity index (χ4n) is 2.97. The van der Waals surface area contributed by atoms with Crippen molar-refractivity contribution in [1.29, 1.82) is 0 Å². The zero-order valence-corrected chi connectivity index (χ0v) is 16.5. The first-order valence-electron chi connectivity index (χ1n) is 8.92. The number of allylic oxidation sites excluding steroid dienone is 3. The van der Waals surface area contributed by atoms with Crippen LogP contribution < -0.4 is 4.74 Å². The normalized spacial score (nSPS) is 15.2. The lowest BCUT2D eigenvalue weighted by molar-refractivity contribution is -0.104. The number of nitrogens with zero attached hydrogens (tertiary/aromatic N) is 1. The second-order valence-electron chi connectivity index (χ2n) is 6.22. The SMILES string of the molecule is COc1cccc2c3c(oc12)/C(=C/C=O)OC(/C=C/C=C(/Cl)c1ccc(F)cc1)=N3. The van der Waals surface area contributed by atoms with Crippen LogP contribution in [0.5, 0.6) is 5.75 Å². The van der Waals surface area contributed by atoms with Gasteiger partial charge in [0.1, 0.15) is 17.8 Å². The van der Waals surface area contributed by atoms with E-state index < -0.39 is 0 Å². The molecular formula is C23H15ClFNO4. The van der Waals surface area contributed by atoms with Crippen molar-refractivity contribution in [1.82, 2.24) is 0 Å². The van der Waals surface area contributed by atoms with Crippen molar-refractivity contribution in [3.8, 4) is 5.75 Å². The predicted octanol–water partition coefficient (Wildman–Crippen LogP) is 6.02. The van der Waals surface area contributed by atoms with E-state index in [1.54, 1.807) is 43.5 Å². The van der Waals surface area contributed by atoms with Gasteiger partial charge in [0.25, 0.3) is 0 Å². The Hall–Kier alpha value is -3.64. The molecule has 0 spiro atoms. The van der Waals surface area contributed by atoms with E-state index in [-0.39, 0.29) is 17.5 Å². The minimum Gasteiger partial charge on any atom is -0.493 e. The van der Waals surface area contributed by atoms with Gasteiger partial charge in [-0.1, -0.05) is 35.9 Å². The van der Waals surface area contributed by atoms with Gasteiger partial charge in [0.2, 0.25) is 5.90 Å². The van der Waals surface area contributed by atoms with Gasteiger partial charge in [-0.2, -0.15) is 0 Å². The molecule has 0 atom stereocenters. The van der Waals surface area contributed by atoms with Gasteiger partial charge in [-0.3, -0.25) is 4.79 Å². The molecule has 2 aromatic carbocycles. The Morgan fingerprint density at radius 3 is 2.73 bits per heavy atom. The standard InChI is InChI=1S/C23H15ClFNO4/c1-28-18-6-2-4-16-21-23(30-22(16)18)19(12-13-27)29-20(26-21)7-3-5-17(24)14-8-10-15(25)11-9-14/h2-13H,1H3/b7-3+,17-5+,19-12-. The van der Waals surface area contributed by atoms with Crippen LogP contribution in [0.4, 0.5) is 10.1 Å². The molecule has 3 aromatic rings. The quantitative estimate of drug-likeness (QED) is 0.286. The van der Waals surface area contributed by atoms with Crippen molar-refractivity contribution in [2.75, 3.05) is 7.11 Å². The summed E-state index contributed by atoms with van der Waals surface area (Å²) in [7, 11) is 1.55. The van der Waals surface area contributed by atoms with Crippen molar-refractivity contribution >= 4 is 51.2 Å². The van der Waals surface area contributed by atoms with Crippen LogP contribution in [-0.2, 0) is 9.53 Å². The van der Waals surface area contributed by atoms with Gasteiger partial charge in [-0.15, -0.1) is 0 Å². The summed E-state index contributed by atoms with van der Waals surface area (Å²) in [6.45, 7) is 0. The summed E-state index contributed by atoms with van der Waals surface area (Å²) in [5.74, 6) is 1.05. The van der Waals surface area contributed by atoms with Crippen molar-refractivity contribution in [2.45, 2.75) is 0 Å². The summed E-state index contributed by atoms with van der Waals surface area (Å²) in [6, 6.07) is 11.3. The Kier molecular flexibility index (Phi) is 5.50. The lowest BCUT2D eigenvalue weighted by atomic mass is 10.2. The molecular weight excluding hydrogens is 409 g/mol. The Balaban J connectivity index is 1.71. The van der Waals surface area contributed by atoms with E-state index in [2.05, 4.69) is 4.99 Å². The lowest BCUT2D eigenvalue weighted by Gasteiger charge is -2.12. The molecule has 0 radical (unpaired) electrons. The molecule has 0 amide bonds. The van der Waals surface area contributed by atoms with E-state index in [4.69, 9.17) is 25.5 Å². The third-order valence-electron chi connectivity index (χ3n) is 4.35. The molecule has 0 saturated carbocycles. The highest BCUT2D eigenvalue weighted by Gasteiger charge is 2.26.